The first kappa shape index (κ1) is 25.2. The third-order valence-electron chi connectivity index (χ3n) is 4.74. The Bertz CT molecular complexity index is 895. The van der Waals surface area contributed by atoms with Crippen molar-refractivity contribution in [3.8, 4) is 23.0 Å². The first-order chi connectivity index (χ1) is 14.6. The van der Waals surface area contributed by atoms with Crippen molar-refractivity contribution in [1.29, 1.82) is 0 Å². The summed E-state index contributed by atoms with van der Waals surface area (Å²) in [5.74, 6) is 3.55. The van der Waals surface area contributed by atoms with E-state index in [4.69, 9.17) is 30.5 Å². The van der Waals surface area contributed by atoms with Crippen molar-refractivity contribution in [1.82, 2.24) is 10.6 Å². The van der Waals surface area contributed by atoms with E-state index in [1.807, 2.05) is 30.3 Å². The van der Waals surface area contributed by atoms with E-state index in [1.54, 1.807) is 21.3 Å². The summed E-state index contributed by atoms with van der Waals surface area (Å²) in [6.07, 6.45) is 1.62. The zero-order valence-corrected chi connectivity index (χ0v) is 21.1. The average molecular weight is 562 g/mol. The molecule has 2 aromatic carbocycles. The fraction of sp³-hybridized carbons (Fsp3) is 0.409. The minimum atomic E-state index is 0. The summed E-state index contributed by atoms with van der Waals surface area (Å²) in [5, 5.41) is 7.23. The normalized spacial score (nSPS) is 12.6. The van der Waals surface area contributed by atoms with Gasteiger partial charge in [-0.3, -0.25) is 4.99 Å². The molecule has 1 aliphatic heterocycles. The molecule has 0 aromatic heterocycles. The van der Waals surface area contributed by atoms with Gasteiger partial charge in [0.25, 0.3) is 0 Å². The van der Waals surface area contributed by atoms with E-state index in [9.17, 15) is 0 Å². The number of fused-ring (bicyclic) bond motifs is 1. The van der Waals surface area contributed by atoms with Crippen LogP contribution < -0.4 is 29.6 Å². The molecule has 31 heavy (non-hydrogen) atoms. The lowest BCUT2D eigenvalue weighted by atomic mass is 10.1. The number of halogens is 2. The zero-order chi connectivity index (χ0) is 21.3. The smallest absolute Gasteiger partial charge is 0.190 e. The number of aliphatic imine (C=N–C) groups is 1. The summed E-state index contributed by atoms with van der Waals surface area (Å²) in [7, 11) is 5.03. The number of nitrogens with zero attached hydrogens (tertiary/aromatic N) is 1. The standard InChI is InChI=1S/C22H28ClN3O4.HI/c1-24-22(25-8-6-15-4-5-18(27-2)19(13-15)28-3)26-9-7-16-12-17(23)21-20(14-16)29-10-11-30-21;/h4-5,12-14H,6-11H2,1-3H3,(H2,24,25,26);1H. The van der Waals surface area contributed by atoms with Crippen molar-refractivity contribution in [3.05, 3.63) is 46.5 Å². The Balaban J connectivity index is 0.00000341. The van der Waals surface area contributed by atoms with Crippen LogP contribution in [0.2, 0.25) is 5.02 Å². The van der Waals surface area contributed by atoms with Crippen molar-refractivity contribution >= 4 is 41.5 Å². The number of nitrogens with one attached hydrogen (secondary N) is 2. The first-order valence-electron chi connectivity index (χ1n) is 9.88. The van der Waals surface area contributed by atoms with E-state index in [0.717, 1.165) is 48.0 Å². The average Bonchev–Trinajstić information content (AvgIpc) is 2.78. The minimum absolute atomic E-state index is 0. The molecule has 2 N–H and O–H groups in total. The fourth-order valence-electron chi connectivity index (χ4n) is 3.22. The summed E-state index contributed by atoms with van der Waals surface area (Å²) in [4.78, 5) is 4.28. The number of methoxy groups -OCH3 is 2. The van der Waals surface area contributed by atoms with E-state index in [1.165, 1.54) is 0 Å². The van der Waals surface area contributed by atoms with Gasteiger partial charge in [-0.2, -0.15) is 0 Å². The third-order valence-corrected chi connectivity index (χ3v) is 5.02. The zero-order valence-electron chi connectivity index (χ0n) is 18.0. The van der Waals surface area contributed by atoms with Gasteiger partial charge in [0.15, 0.2) is 29.0 Å². The van der Waals surface area contributed by atoms with Crippen LogP contribution in [0.25, 0.3) is 0 Å². The topological polar surface area (TPSA) is 73.3 Å². The van der Waals surface area contributed by atoms with Crippen molar-refractivity contribution in [2.45, 2.75) is 12.8 Å². The quantitative estimate of drug-likeness (QED) is 0.291. The second kappa shape index (κ2) is 12.7. The predicted octanol–water partition coefficient (Wildman–Crippen LogP) is 3.70. The molecule has 0 fully saturated rings. The van der Waals surface area contributed by atoms with Crippen LogP contribution in [0, 0.1) is 0 Å². The lowest BCUT2D eigenvalue weighted by molar-refractivity contribution is 0.171. The first-order valence-corrected chi connectivity index (χ1v) is 10.3. The molecule has 0 radical (unpaired) electrons. The minimum Gasteiger partial charge on any atom is -0.493 e. The highest BCUT2D eigenvalue weighted by Crippen LogP contribution is 2.38. The molecule has 0 spiro atoms. The fourth-order valence-corrected chi connectivity index (χ4v) is 3.50. The number of benzene rings is 2. The van der Waals surface area contributed by atoms with Crippen molar-refractivity contribution in [2.24, 2.45) is 4.99 Å². The highest BCUT2D eigenvalue weighted by molar-refractivity contribution is 14.0. The van der Waals surface area contributed by atoms with Gasteiger partial charge >= 0.3 is 0 Å². The molecule has 1 aliphatic rings. The summed E-state index contributed by atoms with van der Waals surface area (Å²) in [6.45, 7) is 2.53. The molecule has 0 aliphatic carbocycles. The molecule has 9 heteroatoms. The molecule has 170 valence electrons. The van der Waals surface area contributed by atoms with Gasteiger partial charge < -0.3 is 29.6 Å². The lowest BCUT2D eigenvalue weighted by Gasteiger charge is -2.20. The number of hydrogen-bond acceptors (Lipinski definition) is 5. The molecule has 3 rings (SSSR count). The molecular formula is C22H29ClIN3O4. The van der Waals surface area contributed by atoms with Crippen molar-refractivity contribution < 1.29 is 18.9 Å². The van der Waals surface area contributed by atoms with E-state index in [-0.39, 0.29) is 24.0 Å². The maximum absolute atomic E-state index is 6.31. The van der Waals surface area contributed by atoms with Gasteiger partial charge in [-0.25, -0.2) is 0 Å². The Labute approximate surface area is 205 Å². The van der Waals surface area contributed by atoms with Crippen molar-refractivity contribution in [2.75, 3.05) is 47.6 Å². The van der Waals surface area contributed by atoms with Crippen LogP contribution in [0.1, 0.15) is 11.1 Å². The number of guanidine groups is 1. The second-order valence-corrected chi connectivity index (χ2v) is 7.12. The molecule has 7 nitrogen and oxygen atoms in total. The number of rotatable bonds is 8. The molecule has 0 saturated carbocycles. The third kappa shape index (κ3) is 6.96. The van der Waals surface area contributed by atoms with Crippen LogP contribution in [-0.4, -0.2) is 53.5 Å². The van der Waals surface area contributed by atoms with E-state index >= 15 is 0 Å². The number of ether oxygens (including phenoxy) is 4. The van der Waals surface area contributed by atoms with E-state index < -0.39 is 0 Å². The molecule has 0 bridgehead atoms. The van der Waals surface area contributed by atoms with Crippen LogP contribution in [0.15, 0.2) is 35.3 Å². The van der Waals surface area contributed by atoms with Gasteiger partial charge in [0.2, 0.25) is 0 Å². The Morgan fingerprint density at radius 3 is 2.32 bits per heavy atom. The van der Waals surface area contributed by atoms with Gasteiger partial charge in [-0.1, -0.05) is 17.7 Å². The van der Waals surface area contributed by atoms with Crippen LogP contribution in [0.5, 0.6) is 23.0 Å². The highest BCUT2D eigenvalue weighted by atomic mass is 127. The largest absolute Gasteiger partial charge is 0.493 e. The Morgan fingerprint density at radius 1 is 0.968 bits per heavy atom. The molecule has 0 unspecified atom stereocenters. The van der Waals surface area contributed by atoms with Gasteiger partial charge in [0, 0.05) is 20.1 Å². The highest BCUT2D eigenvalue weighted by Gasteiger charge is 2.16. The predicted molar refractivity (Wildman–Crippen MR) is 134 cm³/mol. The maximum atomic E-state index is 6.31. The summed E-state index contributed by atoms with van der Waals surface area (Å²) in [6, 6.07) is 9.84. The summed E-state index contributed by atoms with van der Waals surface area (Å²) < 4.78 is 21.8. The van der Waals surface area contributed by atoms with Crippen LogP contribution in [-0.2, 0) is 12.8 Å². The molecule has 2 aromatic rings. The SMILES string of the molecule is CN=C(NCCc1ccc(OC)c(OC)c1)NCCc1cc(Cl)c2c(c1)OCCO2.I. The molecule has 0 amide bonds. The van der Waals surface area contributed by atoms with Gasteiger partial charge in [-0.15, -0.1) is 24.0 Å². The second-order valence-electron chi connectivity index (χ2n) is 6.72. The van der Waals surface area contributed by atoms with Gasteiger partial charge in [0.1, 0.15) is 13.2 Å². The number of hydrogen-bond donors (Lipinski definition) is 2. The maximum Gasteiger partial charge on any atom is 0.190 e. The molecular weight excluding hydrogens is 533 g/mol. The molecule has 1 heterocycles. The summed E-state index contributed by atoms with van der Waals surface area (Å²) in [5.41, 5.74) is 2.24. The van der Waals surface area contributed by atoms with E-state index in [0.29, 0.717) is 36.3 Å². The molecule has 0 atom stereocenters. The van der Waals surface area contributed by atoms with Gasteiger partial charge in [0.05, 0.1) is 19.2 Å². The Morgan fingerprint density at radius 2 is 1.65 bits per heavy atom. The van der Waals surface area contributed by atoms with Crippen LogP contribution in [0.4, 0.5) is 0 Å². The van der Waals surface area contributed by atoms with Crippen LogP contribution in [0.3, 0.4) is 0 Å². The van der Waals surface area contributed by atoms with E-state index in [2.05, 4.69) is 15.6 Å². The van der Waals surface area contributed by atoms with Gasteiger partial charge in [-0.05, 0) is 48.2 Å². The van der Waals surface area contributed by atoms with Crippen LogP contribution >= 0.6 is 35.6 Å². The Kier molecular flexibility index (Phi) is 10.3. The monoisotopic (exact) mass is 561 g/mol. The lowest BCUT2D eigenvalue weighted by Crippen LogP contribution is -2.39. The molecule has 0 saturated heterocycles. The summed E-state index contributed by atoms with van der Waals surface area (Å²) >= 11 is 6.31. The Hall–Kier alpha value is -2.07. The van der Waals surface area contributed by atoms with Crippen molar-refractivity contribution in [3.63, 3.8) is 0 Å².